The third kappa shape index (κ3) is 5.29. The van der Waals surface area contributed by atoms with Crippen LogP contribution in [0.5, 0.6) is 5.75 Å². The molecule has 4 aromatic rings. The van der Waals surface area contributed by atoms with Crippen molar-refractivity contribution in [1.82, 2.24) is 19.5 Å². The lowest BCUT2D eigenvalue weighted by atomic mass is 10.1. The van der Waals surface area contributed by atoms with Crippen molar-refractivity contribution >= 4 is 22.3 Å². The second-order valence-corrected chi connectivity index (χ2v) is 9.98. The molecule has 188 valence electrons. The fourth-order valence-electron chi connectivity index (χ4n) is 4.60. The molecule has 1 saturated heterocycles. The van der Waals surface area contributed by atoms with Crippen LogP contribution in [0.25, 0.3) is 26.8 Å². The van der Waals surface area contributed by atoms with E-state index in [0.717, 1.165) is 58.5 Å². The highest BCUT2D eigenvalue weighted by atomic mass is 32.1. The number of rotatable bonds is 9. The molecule has 0 saturated carbocycles. The SMILES string of the molecule is CCCC(Oc1ccc(-c2nn3c(-c4ccc(C(=O)OCC)cc4)cnc3s2)cc1)N1CCCCC1. The normalized spacial score (nSPS) is 15.2. The molecule has 2 aromatic carbocycles. The van der Waals surface area contributed by atoms with Crippen LogP contribution in [-0.4, -0.2) is 51.4 Å². The van der Waals surface area contributed by atoms with E-state index >= 15 is 0 Å². The first-order valence-electron chi connectivity index (χ1n) is 12.8. The molecule has 7 nitrogen and oxygen atoms in total. The summed E-state index contributed by atoms with van der Waals surface area (Å²) < 4.78 is 13.3. The van der Waals surface area contributed by atoms with Gasteiger partial charge in [-0.15, -0.1) is 0 Å². The maximum atomic E-state index is 11.9. The zero-order chi connectivity index (χ0) is 24.9. The Kier molecular flexibility index (Phi) is 7.63. The fraction of sp³-hybridized carbons (Fsp3) is 0.393. The van der Waals surface area contributed by atoms with Crippen molar-refractivity contribution in [3.63, 3.8) is 0 Å². The Labute approximate surface area is 215 Å². The molecule has 1 fully saturated rings. The molecule has 0 aliphatic carbocycles. The largest absolute Gasteiger partial charge is 0.475 e. The Bertz CT molecular complexity index is 1290. The molecule has 1 aliphatic heterocycles. The van der Waals surface area contributed by atoms with Crippen LogP contribution in [0.1, 0.15) is 56.3 Å². The monoisotopic (exact) mass is 504 g/mol. The van der Waals surface area contributed by atoms with Gasteiger partial charge in [0.05, 0.1) is 24.1 Å². The lowest BCUT2D eigenvalue weighted by molar-refractivity contribution is 0.00599. The highest BCUT2D eigenvalue weighted by Gasteiger charge is 2.21. The first-order chi connectivity index (χ1) is 17.7. The Morgan fingerprint density at radius 3 is 2.42 bits per heavy atom. The summed E-state index contributed by atoms with van der Waals surface area (Å²) in [6, 6.07) is 15.6. The van der Waals surface area contributed by atoms with Crippen LogP contribution in [0.15, 0.2) is 54.7 Å². The van der Waals surface area contributed by atoms with Gasteiger partial charge in [0.1, 0.15) is 10.8 Å². The number of fused-ring (bicyclic) bond motifs is 1. The fourth-order valence-corrected chi connectivity index (χ4v) is 5.48. The van der Waals surface area contributed by atoms with Gasteiger partial charge < -0.3 is 9.47 Å². The summed E-state index contributed by atoms with van der Waals surface area (Å²) in [4.78, 5) is 19.8. The minimum atomic E-state index is -0.317. The molecule has 0 spiro atoms. The highest BCUT2D eigenvalue weighted by molar-refractivity contribution is 7.19. The van der Waals surface area contributed by atoms with E-state index in [2.05, 4.69) is 28.9 Å². The number of hydrogen-bond donors (Lipinski definition) is 0. The molecule has 0 bridgehead atoms. The van der Waals surface area contributed by atoms with Crippen molar-refractivity contribution in [3.8, 4) is 27.6 Å². The Hall–Kier alpha value is -3.23. The van der Waals surface area contributed by atoms with Crippen molar-refractivity contribution in [2.75, 3.05) is 19.7 Å². The predicted molar refractivity (Wildman–Crippen MR) is 142 cm³/mol. The molecule has 8 heteroatoms. The zero-order valence-corrected chi connectivity index (χ0v) is 21.7. The number of ether oxygens (including phenoxy) is 2. The van der Waals surface area contributed by atoms with E-state index in [-0.39, 0.29) is 12.2 Å². The topological polar surface area (TPSA) is 69.0 Å². The number of carbonyl (C=O) groups is 1. The van der Waals surface area contributed by atoms with Crippen molar-refractivity contribution in [1.29, 1.82) is 0 Å². The summed E-state index contributed by atoms with van der Waals surface area (Å²) >= 11 is 1.55. The molecule has 36 heavy (non-hydrogen) atoms. The average molecular weight is 505 g/mol. The second kappa shape index (κ2) is 11.2. The summed E-state index contributed by atoms with van der Waals surface area (Å²) in [5, 5.41) is 5.73. The van der Waals surface area contributed by atoms with E-state index < -0.39 is 0 Å². The van der Waals surface area contributed by atoms with Gasteiger partial charge in [-0.05, 0) is 62.6 Å². The maximum absolute atomic E-state index is 11.9. The van der Waals surface area contributed by atoms with E-state index in [1.54, 1.807) is 30.4 Å². The van der Waals surface area contributed by atoms with Gasteiger partial charge in [0.2, 0.25) is 4.96 Å². The predicted octanol–water partition coefficient (Wildman–Crippen LogP) is 6.29. The lowest BCUT2D eigenvalue weighted by Gasteiger charge is -2.34. The number of imidazole rings is 1. The first-order valence-corrected chi connectivity index (χ1v) is 13.6. The van der Waals surface area contributed by atoms with Crippen LogP contribution in [0.3, 0.4) is 0 Å². The molecule has 5 rings (SSSR count). The zero-order valence-electron chi connectivity index (χ0n) is 20.9. The van der Waals surface area contributed by atoms with Crippen LogP contribution in [0, 0.1) is 0 Å². The highest BCUT2D eigenvalue weighted by Crippen LogP contribution is 2.31. The van der Waals surface area contributed by atoms with E-state index in [0.29, 0.717) is 12.2 Å². The molecule has 0 amide bonds. The number of hydrogen-bond acceptors (Lipinski definition) is 7. The molecular weight excluding hydrogens is 472 g/mol. The van der Waals surface area contributed by atoms with Crippen molar-refractivity contribution < 1.29 is 14.3 Å². The van der Waals surface area contributed by atoms with E-state index in [4.69, 9.17) is 14.6 Å². The number of carbonyl (C=O) groups excluding carboxylic acids is 1. The van der Waals surface area contributed by atoms with E-state index in [1.807, 2.05) is 35.0 Å². The third-order valence-electron chi connectivity index (χ3n) is 6.48. The quantitative estimate of drug-likeness (QED) is 0.250. The molecular formula is C28H32N4O3S. The average Bonchev–Trinajstić information content (AvgIpc) is 3.51. The number of nitrogens with zero attached hydrogens (tertiary/aromatic N) is 4. The minimum absolute atomic E-state index is 0.141. The molecule has 3 heterocycles. The molecule has 1 unspecified atom stereocenters. The number of benzene rings is 2. The molecule has 2 aromatic heterocycles. The van der Waals surface area contributed by atoms with Crippen LogP contribution in [-0.2, 0) is 4.74 Å². The molecule has 0 N–H and O–H groups in total. The van der Waals surface area contributed by atoms with Gasteiger partial charge in [-0.3, -0.25) is 4.90 Å². The number of aromatic nitrogens is 3. The molecule has 1 aliphatic rings. The van der Waals surface area contributed by atoms with Crippen molar-refractivity contribution in [3.05, 3.63) is 60.3 Å². The molecule has 1 atom stereocenters. The number of esters is 1. The van der Waals surface area contributed by atoms with Crippen LogP contribution in [0.2, 0.25) is 0 Å². The molecule has 0 radical (unpaired) electrons. The smallest absolute Gasteiger partial charge is 0.338 e. The lowest BCUT2D eigenvalue weighted by Crippen LogP contribution is -2.42. The van der Waals surface area contributed by atoms with Crippen molar-refractivity contribution in [2.24, 2.45) is 0 Å². The second-order valence-electron chi connectivity index (χ2n) is 9.03. The van der Waals surface area contributed by atoms with Gasteiger partial charge in [-0.2, -0.15) is 5.10 Å². The van der Waals surface area contributed by atoms with Gasteiger partial charge in [0, 0.05) is 24.2 Å². The van der Waals surface area contributed by atoms with Gasteiger partial charge in [-0.25, -0.2) is 14.3 Å². The van der Waals surface area contributed by atoms with Gasteiger partial charge in [0.15, 0.2) is 6.23 Å². The summed E-state index contributed by atoms with van der Waals surface area (Å²) in [6.45, 7) is 6.61. The maximum Gasteiger partial charge on any atom is 0.338 e. The Morgan fingerprint density at radius 2 is 1.72 bits per heavy atom. The number of piperidine rings is 1. The minimum Gasteiger partial charge on any atom is -0.475 e. The van der Waals surface area contributed by atoms with Crippen molar-refractivity contribution in [2.45, 2.75) is 52.2 Å². The standard InChI is InChI=1S/C28H32N4O3S/c1-3-8-25(31-17-6-5-7-18-31)35-23-15-13-21(14-16-23)26-30-32-24(19-29-28(32)36-26)20-9-11-22(12-10-20)27(33)34-4-2/h9-16,19,25H,3-8,17-18H2,1-2H3. The Morgan fingerprint density at radius 1 is 1.00 bits per heavy atom. The van der Waals surface area contributed by atoms with Gasteiger partial charge in [0.25, 0.3) is 0 Å². The first kappa shape index (κ1) is 24.5. The summed E-state index contributed by atoms with van der Waals surface area (Å²) in [5.41, 5.74) is 3.39. The van der Waals surface area contributed by atoms with E-state index in [9.17, 15) is 4.79 Å². The summed E-state index contributed by atoms with van der Waals surface area (Å²) in [6.07, 6.45) is 7.93. The van der Waals surface area contributed by atoms with Crippen LogP contribution >= 0.6 is 11.3 Å². The third-order valence-corrected chi connectivity index (χ3v) is 7.46. The van der Waals surface area contributed by atoms with Gasteiger partial charge >= 0.3 is 5.97 Å². The van der Waals surface area contributed by atoms with E-state index in [1.165, 1.54) is 19.3 Å². The van der Waals surface area contributed by atoms with Gasteiger partial charge in [-0.1, -0.05) is 43.2 Å². The van der Waals surface area contributed by atoms with Crippen LogP contribution < -0.4 is 4.74 Å². The summed E-state index contributed by atoms with van der Waals surface area (Å²) in [5.74, 6) is 0.578. The van der Waals surface area contributed by atoms with Crippen LogP contribution in [0.4, 0.5) is 0 Å². The summed E-state index contributed by atoms with van der Waals surface area (Å²) in [7, 11) is 0. The number of likely N-dealkylation sites (tertiary alicyclic amines) is 1. The Balaban J connectivity index is 1.32.